The van der Waals surface area contributed by atoms with Gasteiger partial charge in [-0.1, -0.05) is 0 Å². The Morgan fingerprint density at radius 2 is 2.46 bits per heavy atom. The van der Waals surface area contributed by atoms with Gasteiger partial charge in [-0.15, -0.1) is 0 Å². The van der Waals surface area contributed by atoms with E-state index in [9.17, 15) is 4.79 Å². The summed E-state index contributed by atoms with van der Waals surface area (Å²) in [6.45, 7) is 1.12. The van der Waals surface area contributed by atoms with E-state index in [2.05, 4.69) is 22.1 Å². The highest BCUT2D eigenvalue weighted by molar-refractivity contribution is 5.07. The van der Waals surface area contributed by atoms with Crippen LogP contribution in [0.25, 0.3) is 0 Å². The molecule has 1 N–H and O–H groups in total. The molecule has 0 aromatic carbocycles. The Morgan fingerprint density at radius 1 is 1.62 bits per heavy atom. The summed E-state index contributed by atoms with van der Waals surface area (Å²) in [5.41, 5.74) is 0.837. The number of hydrogen-bond acceptors (Lipinski definition) is 3. The zero-order valence-electron chi connectivity index (χ0n) is 7.66. The quantitative estimate of drug-likeness (QED) is 0.684. The van der Waals surface area contributed by atoms with Crippen LogP contribution in [-0.4, -0.2) is 28.7 Å². The van der Waals surface area contributed by atoms with E-state index in [1.807, 2.05) is 6.07 Å². The monoisotopic (exact) mass is 179 g/mol. The standard InChI is InChI=1S/C9H13N3O/c1-12-6-2-3-8(12)7-4-5-9(13)11-10-7/h4-5,8H,2-3,6H2,1H3,(H,11,13). The molecule has 0 radical (unpaired) electrons. The largest absolute Gasteiger partial charge is 0.298 e. The summed E-state index contributed by atoms with van der Waals surface area (Å²) in [5, 5.41) is 6.50. The van der Waals surface area contributed by atoms with Crippen molar-refractivity contribution < 1.29 is 0 Å². The number of H-pyrrole nitrogens is 1. The summed E-state index contributed by atoms with van der Waals surface area (Å²) < 4.78 is 0. The first-order valence-electron chi connectivity index (χ1n) is 4.53. The maximum absolute atomic E-state index is 10.8. The molecule has 0 amide bonds. The van der Waals surface area contributed by atoms with Crippen molar-refractivity contribution in [2.75, 3.05) is 13.6 Å². The van der Waals surface area contributed by atoms with E-state index in [1.54, 1.807) is 0 Å². The molecule has 1 unspecified atom stereocenters. The molecule has 0 saturated carbocycles. The Kier molecular flexibility index (Phi) is 2.14. The highest BCUT2D eigenvalue weighted by Gasteiger charge is 2.23. The molecular weight excluding hydrogens is 166 g/mol. The molecule has 4 nitrogen and oxygen atoms in total. The Bertz CT molecular complexity index is 326. The second-order valence-electron chi connectivity index (χ2n) is 3.48. The van der Waals surface area contributed by atoms with Gasteiger partial charge in [0.1, 0.15) is 0 Å². The molecule has 1 aromatic heterocycles. The van der Waals surface area contributed by atoms with Gasteiger partial charge in [-0.05, 0) is 32.5 Å². The minimum absolute atomic E-state index is 0.135. The Morgan fingerprint density at radius 3 is 3.00 bits per heavy atom. The normalized spacial score (nSPS) is 23.6. The van der Waals surface area contributed by atoms with Crippen LogP contribution in [0.5, 0.6) is 0 Å². The predicted molar refractivity (Wildman–Crippen MR) is 49.5 cm³/mol. The van der Waals surface area contributed by atoms with Gasteiger partial charge in [0.2, 0.25) is 0 Å². The fourth-order valence-corrected chi connectivity index (χ4v) is 1.82. The Labute approximate surface area is 76.6 Å². The van der Waals surface area contributed by atoms with Crippen LogP contribution in [0.4, 0.5) is 0 Å². The van der Waals surface area contributed by atoms with Gasteiger partial charge in [0.05, 0.1) is 11.7 Å². The summed E-state index contributed by atoms with van der Waals surface area (Å²) in [7, 11) is 2.09. The predicted octanol–water partition coefficient (Wildman–Crippen LogP) is 0.537. The first-order valence-corrected chi connectivity index (χ1v) is 4.53. The topological polar surface area (TPSA) is 49.0 Å². The molecule has 1 fully saturated rings. The average Bonchev–Trinajstić information content (AvgIpc) is 2.53. The summed E-state index contributed by atoms with van der Waals surface area (Å²) in [5.74, 6) is 0. The minimum atomic E-state index is -0.135. The zero-order valence-corrected chi connectivity index (χ0v) is 7.66. The molecule has 2 heterocycles. The van der Waals surface area contributed by atoms with E-state index in [-0.39, 0.29) is 5.56 Å². The van der Waals surface area contributed by atoms with Crippen LogP contribution in [-0.2, 0) is 0 Å². The van der Waals surface area contributed by atoms with Gasteiger partial charge < -0.3 is 0 Å². The Hall–Kier alpha value is -1.16. The molecule has 1 saturated heterocycles. The van der Waals surface area contributed by atoms with Crippen LogP contribution < -0.4 is 5.56 Å². The van der Waals surface area contributed by atoms with Gasteiger partial charge >= 0.3 is 0 Å². The number of nitrogens with one attached hydrogen (secondary N) is 1. The molecule has 0 aliphatic carbocycles. The highest BCUT2D eigenvalue weighted by atomic mass is 16.1. The summed E-state index contributed by atoms with van der Waals surface area (Å²) >= 11 is 0. The molecule has 0 bridgehead atoms. The van der Waals surface area contributed by atoms with Gasteiger partial charge in [0, 0.05) is 6.07 Å². The number of aromatic amines is 1. The van der Waals surface area contributed by atoms with Crippen molar-refractivity contribution in [2.24, 2.45) is 0 Å². The number of aromatic nitrogens is 2. The van der Waals surface area contributed by atoms with Crippen LogP contribution in [0.3, 0.4) is 0 Å². The van der Waals surface area contributed by atoms with Crippen molar-refractivity contribution in [3.63, 3.8) is 0 Å². The van der Waals surface area contributed by atoms with E-state index in [1.165, 1.54) is 12.5 Å². The molecule has 0 spiro atoms. The van der Waals surface area contributed by atoms with Crippen molar-refractivity contribution >= 4 is 0 Å². The second kappa shape index (κ2) is 3.30. The lowest BCUT2D eigenvalue weighted by Crippen LogP contribution is -2.20. The summed E-state index contributed by atoms with van der Waals surface area (Å²) in [6.07, 6.45) is 2.34. The Balaban J connectivity index is 2.25. The maximum atomic E-state index is 10.8. The molecule has 1 aliphatic rings. The van der Waals surface area contributed by atoms with E-state index in [0.717, 1.165) is 18.7 Å². The highest BCUT2D eigenvalue weighted by Crippen LogP contribution is 2.27. The fraction of sp³-hybridized carbons (Fsp3) is 0.556. The number of nitrogens with zero attached hydrogens (tertiary/aromatic N) is 2. The molecule has 70 valence electrons. The van der Waals surface area contributed by atoms with Crippen LogP contribution in [0.2, 0.25) is 0 Å². The van der Waals surface area contributed by atoms with Gasteiger partial charge in [-0.3, -0.25) is 9.69 Å². The number of likely N-dealkylation sites (tertiary alicyclic amines) is 1. The van der Waals surface area contributed by atoms with Gasteiger partial charge in [-0.25, -0.2) is 5.10 Å². The van der Waals surface area contributed by atoms with E-state index < -0.39 is 0 Å². The van der Waals surface area contributed by atoms with Crippen molar-refractivity contribution in [3.8, 4) is 0 Å². The van der Waals surface area contributed by atoms with Crippen LogP contribution in [0, 0.1) is 0 Å². The maximum Gasteiger partial charge on any atom is 0.264 e. The lowest BCUT2D eigenvalue weighted by molar-refractivity contribution is 0.310. The molecular formula is C9H13N3O. The lowest BCUT2D eigenvalue weighted by Gasteiger charge is -2.17. The van der Waals surface area contributed by atoms with Crippen LogP contribution >= 0.6 is 0 Å². The lowest BCUT2D eigenvalue weighted by atomic mass is 10.1. The smallest absolute Gasteiger partial charge is 0.264 e. The summed E-state index contributed by atoms with van der Waals surface area (Å²) in [4.78, 5) is 13.1. The van der Waals surface area contributed by atoms with Crippen molar-refractivity contribution in [2.45, 2.75) is 18.9 Å². The summed E-state index contributed by atoms with van der Waals surface area (Å²) in [6, 6.07) is 3.73. The average molecular weight is 179 g/mol. The van der Waals surface area contributed by atoms with E-state index >= 15 is 0 Å². The molecule has 13 heavy (non-hydrogen) atoms. The SMILES string of the molecule is CN1CCCC1c1ccc(=O)[nH]n1. The van der Waals surface area contributed by atoms with Gasteiger partial charge in [-0.2, -0.15) is 5.10 Å². The first-order chi connectivity index (χ1) is 6.27. The number of rotatable bonds is 1. The van der Waals surface area contributed by atoms with Crippen LogP contribution in [0.15, 0.2) is 16.9 Å². The fourth-order valence-electron chi connectivity index (χ4n) is 1.82. The van der Waals surface area contributed by atoms with Crippen molar-refractivity contribution in [3.05, 3.63) is 28.2 Å². The van der Waals surface area contributed by atoms with Crippen molar-refractivity contribution in [1.29, 1.82) is 0 Å². The molecule has 1 aromatic rings. The van der Waals surface area contributed by atoms with Crippen molar-refractivity contribution in [1.82, 2.24) is 15.1 Å². The van der Waals surface area contributed by atoms with Crippen LogP contribution in [0.1, 0.15) is 24.6 Å². The molecule has 1 aliphatic heterocycles. The van der Waals surface area contributed by atoms with Gasteiger partial charge in [0.15, 0.2) is 0 Å². The van der Waals surface area contributed by atoms with Gasteiger partial charge in [0.25, 0.3) is 5.56 Å². The molecule has 2 rings (SSSR count). The van der Waals surface area contributed by atoms with E-state index in [4.69, 9.17) is 0 Å². The minimum Gasteiger partial charge on any atom is -0.298 e. The second-order valence-corrected chi connectivity index (χ2v) is 3.48. The molecule has 1 atom stereocenters. The third-order valence-electron chi connectivity index (χ3n) is 2.56. The third kappa shape index (κ3) is 1.62. The van der Waals surface area contributed by atoms with E-state index in [0.29, 0.717) is 6.04 Å². The first kappa shape index (κ1) is 8.44. The zero-order chi connectivity index (χ0) is 9.26. The number of hydrogen-bond donors (Lipinski definition) is 1. The third-order valence-corrected chi connectivity index (χ3v) is 2.56. The molecule has 4 heteroatoms.